The predicted molar refractivity (Wildman–Crippen MR) is 72.8 cm³/mol. The van der Waals surface area contributed by atoms with E-state index in [2.05, 4.69) is 36.6 Å². The molecule has 0 radical (unpaired) electrons. The van der Waals surface area contributed by atoms with E-state index in [1.54, 1.807) is 6.07 Å². The minimum Gasteiger partial charge on any atom is -0.206 e. The van der Waals surface area contributed by atoms with Gasteiger partial charge in [0.1, 0.15) is 4.21 Å². The summed E-state index contributed by atoms with van der Waals surface area (Å²) in [6.45, 7) is 1.89. The molecule has 1 heterocycles. The summed E-state index contributed by atoms with van der Waals surface area (Å²) in [5.74, 6) is 0. The summed E-state index contributed by atoms with van der Waals surface area (Å²) in [5.41, 5.74) is 0.706. The van der Waals surface area contributed by atoms with Crippen LogP contribution in [0, 0.1) is 6.92 Å². The zero-order valence-electron chi connectivity index (χ0n) is 8.59. The van der Waals surface area contributed by atoms with Crippen LogP contribution in [0.4, 0.5) is 0 Å². The number of nitrogens with one attached hydrogen (secondary N) is 1. The van der Waals surface area contributed by atoms with Gasteiger partial charge in [-0.05, 0) is 47.3 Å². The molecule has 90 valence electrons. The molecule has 3 nitrogen and oxygen atoms in total. The fraction of sp³-hybridized carbons (Fsp3) is 0.556. The van der Waals surface area contributed by atoms with Crippen molar-refractivity contribution in [2.45, 2.75) is 29.5 Å². The third-order valence-electron chi connectivity index (χ3n) is 2.56. The molecule has 1 aliphatic rings. The number of hydrogen-bond acceptors (Lipinski definition) is 3. The van der Waals surface area contributed by atoms with Crippen LogP contribution in [-0.4, -0.2) is 19.3 Å². The number of hydrogen-bond donors (Lipinski definition) is 1. The topological polar surface area (TPSA) is 46.2 Å². The van der Waals surface area contributed by atoms with Crippen LogP contribution in [0.25, 0.3) is 0 Å². The molecule has 0 amide bonds. The molecule has 1 saturated carbocycles. The lowest BCUT2D eigenvalue weighted by molar-refractivity contribution is 0.563. The first-order valence-corrected chi connectivity index (χ1v) is 8.96. The Balaban J connectivity index is 2.26. The van der Waals surface area contributed by atoms with Gasteiger partial charge >= 0.3 is 0 Å². The van der Waals surface area contributed by atoms with E-state index in [9.17, 15) is 8.42 Å². The van der Waals surface area contributed by atoms with E-state index in [0.717, 1.165) is 22.2 Å². The molecular weight excluding hydrogens is 378 g/mol. The molecule has 16 heavy (non-hydrogen) atoms. The molecule has 0 unspecified atom stereocenters. The molecule has 0 atom stereocenters. The Hall–Kier alpha value is 0.570. The van der Waals surface area contributed by atoms with Crippen molar-refractivity contribution in [3.8, 4) is 0 Å². The minimum absolute atomic E-state index is 0.247. The van der Waals surface area contributed by atoms with Gasteiger partial charge in [-0.25, -0.2) is 13.1 Å². The van der Waals surface area contributed by atoms with E-state index in [4.69, 9.17) is 0 Å². The number of rotatable bonds is 4. The van der Waals surface area contributed by atoms with Crippen LogP contribution < -0.4 is 4.72 Å². The van der Waals surface area contributed by atoms with E-state index in [-0.39, 0.29) is 5.54 Å². The van der Waals surface area contributed by atoms with Crippen molar-refractivity contribution in [3.63, 3.8) is 0 Å². The lowest BCUT2D eigenvalue weighted by Crippen LogP contribution is -2.37. The molecule has 0 aromatic carbocycles. The van der Waals surface area contributed by atoms with Crippen molar-refractivity contribution in [1.29, 1.82) is 0 Å². The highest BCUT2D eigenvalue weighted by atomic mass is 79.9. The van der Waals surface area contributed by atoms with Gasteiger partial charge < -0.3 is 0 Å². The van der Waals surface area contributed by atoms with Crippen molar-refractivity contribution < 1.29 is 8.42 Å². The van der Waals surface area contributed by atoms with Gasteiger partial charge in [-0.2, -0.15) is 0 Å². The summed E-state index contributed by atoms with van der Waals surface area (Å²) >= 11 is 7.93. The standard InChI is InChI=1S/C9H11Br2NO2S2/c1-6-4-7(15-8(6)11)16(13,14)12-9(5-10)2-3-9/h4,12H,2-3,5H2,1H3. The highest BCUT2D eigenvalue weighted by Gasteiger charge is 2.45. The second-order valence-corrected chi connectivity index (χ2v) is 8.88. The maximum atomic E-state index is 12.1. The molecule has 1 aliphatic carbocycles. The van der Waals surface area contributed by atoms with Gasteiger partial charge in [-0.15, -0.1) is 11.3 Å². The summed E-state index contributed by atoms with van der Waals surface area (Å²) in [7, 11) is -3.36. The molecule has 1 aromatic heterocycles. The first-order valence-electron chi connectivity index (χ1n) is 4.74. The minimum atomic E-state index is -3.36. The van der Waals surface area contributed by atoms with Gasteiger partial charge in [0.2, 0.25) is 0 Å². The first-order chi connectivity index (χ1) is 7.38. The van der Waals surface area contributed by atoms with Crippen molar-refractivity contribution in [2.75, 3.05) is 5.33 Å². The Morgan fingerprint density at radius 1 is 1.56 bits per heavy atom. The summed E-state index contributed by atoms with van der Waals surface area (Å²) < 4.78 is 28.2. The van der Waals surface area contributed by atoms with Crippen molar-refractivity contribution in [2.24, 2.45) is 0 Å². The molecule has 7 heteroatoms. The maximum absolute atomic E-state index is 12.1. The fourth-order valence-corrected chi connectivity index (χ4v) is 5.88. The number of aryl methyl sites for hydroxylation is 1. The van der Waals surface area contributed by atoms with Crippen LogP contribution >= 0.6 is 43.2 Å². The number of thiophene rings is 1. The zero-order chi connectivity index (χ0) is 12.0. The summed E-state index contributed by atoms with van der Waals surface area (Å²) in [6, 6.07) is 1.70. The molecule has 0 bridgehead atoms. The predicted octanol–water partition coefficient (Wildman–Crippen LogP) is 3.02. The third-order valence-corrected chi connectivity index (χ3v) is 7.82. The van der Waals surface area contributed by atoms with Gasteiger partial charge in [-0.3, -0.25) is 0 Å². The highest BCUT2D eigenvalue weighted by Crippen LogP contribution is 2.39. The molecular formula is C9H11Br2NO2S2. The van der Waals surface area contributed by atoms with Crippen LogP contribution in [0.15, 0.2) is 14.1 Å². The second-order valence-electron chi connectivity index (χ2n) is 4.04. The lowest BCUT2D eigenvalue weighted by atomic mass is 10.4. The average molecular weight is 389 g/mol. The quantitative estimate of drug-likeness (QED) is 0.805. The Morgan fingerprint density at radius 2 is 2.19 bits per heavy atom. The van der Waals surface area contributed by atoms with Gasteiger partial charge in [-0.1, -0.05) is 15.9 Å². The van der Waals surface area contributed by atoms with Crippen molar-refractivity contribution in [1.82, 2.24) is 4.72 Å². The highest BCUT2D eigenvalue weighted by molar-refractivity contribution is 9.11. The fourth-order valence-electron chi connectivity index (χ4n) is 1.31. The van der Waals surface area contributed by atoms with Crippen LogP contribution in [0.2, 0.25) is 0 Å². The van der Waals surface area contributed by atoms with Crippen LogP contribution in [-0.2, 0) is 10.0 Å². The van der Waals surface area contributed by atoms with Gasteiger partial charge in [0.15, 0.2) is 0 Å². The molecule has 0 aliphatic heterocycles. The van der Waals surface area contributed by atoms with Gasteiger partial charge in [0, 0.05) is 10.9 Å². The van der Waals surface area contributed by atoms with Crippen LogP contribution in [0.3, 0.4) is 0 Å². The molecule has 1 fully saturated rings. The molecule has 1 N–H and O–H groups in total. The lowest BCUT2D eigenvalue weighted by Gasteiger charge is -2.13. The van der Waals surface area contributed by atoms with Crippen LogP contribution in [0.5, 0.6) is 0 Å². The number of halogens is 2. The van der Waals surface area contributed by atoms with E-state index in [1.165, 1.54) is 11.3 Å². The molecule has 1 aromatic rings. The van der Waals surface area contributed by atoms with E-state index in [1.807, 2.05) is 6.92 Å². The Bertz CT molecular complexity index is 486. The SMILES string of the molecule is Cc1cc(S(=O)(=O)NC2(CBr)CC2)sc1Br. The van der Waals surface area contributed by atoms with E-state index >= 15 is 0 Å². The van der Waals surface area contributed by atoms with E-state index < -0.39 is 10.0 Å². The van der Waals surface area contributed by atoms with Crippen LogP contribution in [0.1, 0.15) is 18.4 Å². The molecule has 2 rings (SSSR count). The van der Waals surface area contributed by atoms with Crippen molar-refractivity contribution in [3.05, 3.63) is 15.4 Å². The average Bonchev–Trinajstić information content (AvgIpc) is 2.88. The normalized spacial score (nSPS) is 18.7. The Morgan fingerprint density at radius 3 is 2.56 bits per heavy atom. The van der Waals surface area contributed by atoms with Crippen molar-refractivity contribution >= 4 is 53.2 Å². The monoisotopic (exact) mass is 387 g/mol. The van der Waals surface area contributed by atoms with Gasteiger partial charge in [0.25, 0.3) is 10.0 Å². The second kappa shape index (κ2) is 4.35. The summed E-state index contributed by atoms with van der Waals surface area (Å²) in [6.07, 6.45) is 1.81. The van der Waals surface area contributed by atoms with Gasteiger partial charge in [0.05, 0.1) is 3.79 Å². The Kier molecular flexibility index (Phi) is 3.54. The summed E-state index contributed by atoms with van der Waals surface area (Å²) in [4.78, 5) is 0. The van der Waals surface area contributed by atoms with E-state index in [0.29, 0.717) is 9.54 Å². The summed E-state index contributed by atoms with van der Waals surface area (Å²) in [5, 5.41) is 0.671. The number of sulfonamides is 1. The number of alkyl halides is 1. The molecule has 0 spiro atoms. The third kappa shape index (κ3) is 2.53. The first kappa shape index (κ1) is 13.0. The smallest absolute Gasteiger partial charge is 0.206 e. The largest absolute Gasteiger partial charge is 0.250 e. The Labute approximate surface area is 116 Å². The zero-order valence-corrected chi connectivity index (χ0v) is 13.4. The maximum Gasteiger partial charge on any atom is 0.250 e. The molecule has 0 saturated heterocycles.